The molecule has 1 unspecified atom stereocenters. The number of hydrogen-bond donors (Lipinski definition) is 1. The second-order valence-corrected chi connectivity index (χ2v) is 4.89. The van der Waals surface area contributed by atoms with E-state index in [1.807, 2.05) is 31.2 Å². The average Bonchev–Trinajstić information content (AvgIpc) is 2.95. The van der Waals surface area contributed by atoms with E-state index >= 15 is 0 Å². The molecule has 5 heteroatoms. The van der Waals surface area contributed by atoms with Crippen LogP contribution in [-0.2, 0) is 4.74 Å². The number of amides is 1. The fraction of sp³-hybridized carbons (Fsp3) is 0.467. The molecule has 0 spiro atoms. The third kappa shape index (κ3) is 3.29. The van der Waals surface area contributed by atoms with E-state index in [0.717, 1.165) is 30.8 Å². The highest BCUT2D eigenvalue weighted by Crippen LogP contribution is 2.21. The first-order valence-corrected chi connectivity index (χ1v) is 6.86. The minimum Gasteiger partial charge on any atom is -0.453 e. The maximum absolute atomic E-state index is 11.6. The van der Waals surface area contributed by atoms with E-state index in [2.05, 4.69) is 15.0 Å². The Balaban J connectivity index is 1.96. The predicted octanol–water partition coefficient (Wildman–Crippen LogP) is 2.21. The number of carbonyl (C=O) groups is 2. The molecule has 5 nitrogen and oxygen atoms in total. The molecular weight excluding hydrogens is 256 g/mol. The molecule has 0 radical (unpaired) electrons. The molecule has 0 saturated carbocycles. The number of hydrogen-bond acceptors (Lipinski definition) is 4. The molecule has 1 amide bonds. The molecule has 0 bridgehead atoms. The zero-order chi connectivity index (χ0) is 14.5. The second-order valence-electron chi connectivity index (χ2n) is 4.89. The highest BCUT2D eigenvalue weighted by Gasteiger charge is 2.24. The largest absolute Gasteiger partial charge is 0.453 e. The van der Waals surface area contributed by atoms with E-state index in [0.29, 0.717) is 6.42 Å². The number of alkyl carbamates (subject to hydrolysis) is 1. The lowest BCUT2D eigenvalue weighted by Gasteiger charge is -2.19. The van der Waals surface area contributed by atoms with E-state index in [-0.39, 0.29) is 17.9 Å². The van der Waals surface area contributed by atoms with Gasteiger partial charge >= 0.3 is 6.09 Å². The van der Waals surface area contributed by atoms with Gasteiger partial charge in [-0.1, -0.05) is 6.92 Å². The average molecular weight is 276 g/mol. The van der Waals surface area contributed by atoms with Crippen LogP contribution >= 0.6 is 0 Å². The van der Waals surface area contributed by atoms with Crippen molar-refractivity contribution < 1.29 is 14.3 Å². The fourth-order valence-electron chi connectivity index (χ4n) is 2.40. The van der Waals surface area contributed by atoms with Gasteiger partial charge in [0.05, 0.1) is 13.2 Å². The summed E-state index contributed by atoms with van der Waals surface area (Å²) in [6, 6.07) is 7.76. The molecule has 1 fully saturated rings. The molecule has 2 rings (SSSR count). The number of nitrogens with one attached hydrogen (secondary N) is 1. The third-order valence-corrected chi connectivity index (χ3v) is 3.57. The SMILES string of the molecule is CCC(=O)c1ccc(N2CCC(NC(=O)OC)C2)cc1. The van der Waals surface area contributed by atoms with Gasteiger partial charge in [-0.3, -0.25) is 4.79 Å². The van der Waals surface area contributed by atoms with Crippen LogP contribution in [-0.4, -0.2) is 38.1 Å². The Morgan fingerprint density at radius 2 is 2.05 bits per heavy atom. The molecule has 1 aliphatic rings. The van der Waals surface area contributed by atoms with Gasteiger partial charge in [0.15, 0.2) is 5.78 Å². The summed E-state index contributed by atoms with van der Waals surface area (Å²) in [5, 5.41) is 2.81. The molecule has 20 heavy (non-hydrogen) atoms. The molecule has 1 atom stereocenters. The Hall–Kier alpha value is -2.04. The van der Waals surface area contributed by atoms with Crippen molar-refractivity contribution in [2.45, 2.75) is 25.8 Å². The molecule has 1 N–H and O–H groups in total. The summed E-state index contributed by atoms with van der Waals surface area (Å²) in [7, 11) is 1.37. The predicted molar refractivity (Wildman–Crippen MR) is 77.2 cm³/mol. The number of rotatable bonds is 4. The Labute approximate surface area is 118 Å². The van der Waals surface area contributed by atoms with Crippen LogP contribution in [0, 0.1) is 0 Å². The van der Waals surface area contributed by atoms with Gasteiger partial charge in [-0.15, -0.1) is 0 Å². The van der Waals surface area contributed by atoms with Crippen molar-refractivity contribution >= 4 is 17.6 Å². The van der Waals surface area contributed by atoms with Crippen LogP contribution in [0.1, 0.15) is 30.1 Å². The molecule has 1 saturated heterocycles. The summed E-state index contributed by atoms with van der Waals surface area (Å²) in [5.74, 6) is 0.156. The van der Waals surface area contributed by atoms with E-state index in [1.54, 1.807) is 0 Å². The number of benzene rings is 1. The third-order valence-electron chi connectivity index (χ3n) is 3.57. The van der Waals surface area contributed by atoms with Gasteiger partial charge in [-0.2, -0.15) is 0 Å². The van der Waals surface area contributed by atoms with Crippen LogP contribution in [0.5, 0.6) is 0 Å². The lowest BCUT2D eigenvalue weighted by Crippen LogP contribution is -2.36. The molecule has 108 valence electrons. The first-order chi connectivity index (χ1) is 9.63. The van der Waals surface area contributed by atoms with Crippen LogP contribution in [0.25, 0.3) is 0 Å². The minimum absolute atomic E-state index is 0.111. The van der Waals surface area contributed by atoms with Crippen LogP contribution in [0.3, 0.4) is 0 Å². The van der Waals surface area contributed by atoms with Crippen molar-refractivity contribution in [3.05, 3.63) is 29.8 Å². The minimum atomic E-state index is -0.388. The quantitative estimate of drug-likeness (QED) is 0.857. The topological polar surface area (TPSA) is 58.6 Å². The second kappa shape index (κ2) is 6.41. The van der Waals surface area contributed by atoms with Crippen LogP contribution < -0.4 is 10.2 Å². The Morgan fingerprint density at radius 1 is 1.35 bits per heavy atom. The molecule has 0 aromatic heterocycles. The van der Waals surface area contributed by atoms with Crippen molar-refractivity contribution in [3.63, 3.8) is 0 Å². The Kier molecular flexibility index (Phi) is 4.61. The summed E-state index contributed by atoms with van der Waals surface area (Å²) < 4.78 is 4.60. The van der Waals surface area contributed by atoms with Crippen molar-refractivity contribution in [3.8, 4) is 0 Å². The number of ketones is 1. The van der Waals surface area contributed by atoms with E-state index in [9.17, 15) is 9.59 Å². The molecule has 0 aliphatic carbocycles. The van der Waals surface area contributed by atoms with Crippen molar-refractivity contribution in [2.75, 3.05) is 25.1 Å². The number of nitrogens with zero attached hydrogens (tertiary/aromatic N) is 1. The molecule has 1 heterocycles. The smallest absolute Gasteiger partial charge is 0.407 e. The van der Waals surface area contributed by atoms with E-state index in [4.69, 9.17) is 0 Å². The van der Waals surface area contributed by atoms with E-state index < -0.39 is 0 Å². The van der Waals surface area contributed by atoms with Gasteiger partial charge in [0.25, 0.3) is 0 Å². The van der Waals surface area contributed by atoms with Gasteiger partial charge in [0, 0.05) is 30.8 Å². The highest BCUT2D eigenvalue weighted by molar-refractivity contribution is 5.96. The first kappa shape index (κ1) is 14.4. The summed E-state index contributed by atoms with van der Waals surface area (Å²) >= 11 is 0. The maximum Gasteiger partial charge on any atom is 0.407 e. The molecule has 1 aromatic carbocycles. The van der Waals surface area contributed by atoms with Gasteiger partial charge in [-0.05, 0) is 30.7 Å². The van der Waals surface area contributed by atoms with Gasteiger partial charge in [-0.25, -0.2) is 4.79 Å². The van der Waals surface area contributed by atoms with Crippen LogP contribution in [0.2, 0.25) is 0 Å². The van der Waals surface area contributed by atoms with E-state index in [1.165, 1.54) is 7.11 Å². The lowest BCUT2D eigenvalue weighted by atomic mass is 10.1. The molecule has 1 aliphatic heterocycles. The standard InChI is InChI=1S/C15H20N2O3/c1-3-14(18)11-4-6-13(7-5-11)17-9-8-12(10-17)16-15(19)20-2/h4-7,12H,3,8-10H2,1-2H3,(H,16,19). The molecular formula is C15H20N2O3. The van der Waals surface area contributed by atoms with Gasteiger partial charge < -0.3 is 15.0 Å². The number of methoxy groups -OCH3 is 1. The zero-order valence-corrected chi connectivity index (χ0v) is 11.9. The van der Waals surface area contributed by atoms with Crippen molar-refractivity contribution in [1.29, 1.82) is 0 Å². The van der Waals surface area contributed by atoms with Crippen molar-refractivity contribution in [2.24, 2.45) is 0 Å². The summed E-state index contributed by atoms with van der Waals surface area (Å²) in [4.78, 5) is 24.9. The summed E-state index contributed by atoms with van der Waals surface area (Å²) in [5.41, 5.74) is 1.83. The first-order valence-electron chi connectivity index (χ1n) is 6.86. The van der Waals surface area contributed by atoms with Crippen LogP contribution in [0.15, 0.2) is 24.3 Å². The Bertz CT molecular complexity index is 484. The Morgan fingerprint density at radius 3 is 2.65 bits per heavy atom. The van der Waals surface area contributed by atoms with Crippen LogP contribution in [0.4, 0.5) is 10.5 Å². The lowest BCUT2D eigenvalue weighted by molar-refractivity contribution is 0.0988. The molecule has 1 aromatic rings. The normalized spacial score (nSPS) is 17.9. The monoisotopic (exact) mass is 276 g/mol. The zero-order valence-electron chi connectivity index (χ0n) is 11.9. The van der Waals surface area contributed by atoms with Crippen molar-refractivity contribution in [1.82, 2.24) is 5.32 Å². The highest BCUT2D eigenvalue weighted by atomic mass is 16.5. The number of ether oxygens (including phenoxy) is 1. The fourth-order valence-corrected chi connectivity index (χ4v) is 2.40. The summed E-state index contributed by atoms with van der Waals surface area (Å²) in [6.07, 6.45) is 1.03. The number of carbonyl (C=O) groups excluding carboxylic acids is 2. The maximum atomic E-state index is 11.6. The number of anilines is 1. The van der Waals surface area contributed by atoms with Gasteiger partial charge in [0.1, 0.15) is 0 Å². The number of Topliss-reactive ketones (excluding diaryl/α,β-unsaturated/α-hetero) is 1. The van der Waals surface area contributed by atoms with Gasteiger partial charge in [0.2, 0.25) is 0 Å². The summed E-state index contributed by atoms with van der Waals surface area (Å²) in [6.45, 7) is 3.51.